The second-order valence-electron chi connectivity index (χ2n) is 3.98. The Morgan fingerprint density at radius 3 is 3.18 bits per heavy atom. The van der Waals surface area contributed by atoms with Crippen molar-refractivity contribution >= 4 is 11.3 Å². The Labute approximate surface area is 106 Å². The standard InChI is InChI=1S/C12H18N4S/c1-2-5-16-9-14-7-12(16)6-13-4-3-11-8-17-10-15-11/h7-10,13H,2-6H2,1H3. The Morgan fingerprint density at radius 1 is 1.47 bits per heavy atom. The molecule has 0 amide bonds. The van der Waals surface area contributed by atoms with Gasteiger partial charge in [-0.2, -0.15) is 0 Å². The molecule has 92 valence electrons. The first-order valence-corrected chi connectivity index (χ1v) is 6.91. The monoisotopic (exact) mass is 250 g/mol. The molecule has 5 heteroatoms. The number of aryl methyl sites for hydroxylation is 1. The van der Waals surface area contributed by atoms with Gasteiger partial charge in [0.2, 0.25) is 0 Å². The molecule has 2 aromatic rings. The lowest BCUT2D eigenvalue weighted by atomic mass is 10.3. The summed E-state index contributed by atoms with van der Waals surface area (Å²) in [7, 11) is 0. The van der Waals surface area contributed by atoms with Gasteiger partial charge in [0.25, 0.3) is 0 Å². The first kappa shape index (κ1) is 12.3. The molecular weight excluding hydrogens is 232 g/mol. The summed E-state index contributed by atoms with van der Waals surface area (Å²) in [5.74, 6) is 0. The van der Waals surface area contributed by atoms with Crippen molar-refractivity contribution in [1.29, 1.82) is 0 Å². The first-order valence-electron chi connectivity index (χ1n) is 5.97. The van der Waals surface area contributed by atoms with Gasteiger partial charge in [0.05, 0.1) is 23.2 Å². The van der Waals surface area contributed by atoms with Gasteiger partial charge < -0.3 is 9.88 Å². The third-order valence-corrected chi connectivity index (χ3v) is 3.25. The Bertz CT molecular complexity index is 421. The van der Waals surface area contributed by atoms with Crippen molar-refractivity contribution in [2.45, 2.75) is 32.9 Å². The van der Waals surface area contributed by atoms with Gasteiger partial charge >= 0.3 is 0 Å². The number of nitrogens with one attached hydrogen (secondary N) is 1. The first-order chi connectivity index (χ1) is 8.40. The second kappa shape index (κ2) is 6.51. The molecule has 0 saturated carbocycles. The van der Waals surface area contributed by atoms with E-state index in [1.54, 1.807) is 11.3 Å². The molecule has 0 saturated heterocycles. The second-order valence-corrected chi connectivity index (χ2v) is 4.70. The van der Waals surface area contributed by atoms with Crippen LogP contribution in [0.3, 0.4) is 0 Å². The van der Waals surface area contributed by atoms with Crippen LogP contribution in [0.2, 0.25) is 0 Å². The van der Waals surface area contributed by atoms with Crippen molar-refractivity contribution in [3.05, 3.63) is 34.8 Å². The zero-order valence-corrected chi connectivity index (χ0v) is 10.9. The van der Waals surface area contributed by atoms with E-state index in [9.17, 15) is 0 Å². The minimum absolute atomic E-state index is 0.879. The third-order valence-electron chi connectivity index (χ3n) is 2.61. The van der Waals surface area contributed by atoms with Crippen LogP contribution in [0.15, 0.2) is 23.4 Å². The highest BCUT2D eigenvalue weighted by Crippen LogP contribution is 2.02. The van der Waals surface area contributed by atoms with Gasteiger partial charge in [-0.15, -0.1) is 11.3 Å². The Kier molecular flexibility index (Phi) is 4.70. The Balaban J connectivity index is 1.72. The van der Waals surface area contributed by atoms with Gasteiger partial charge in [0.1, 0.15) is 0 Å². The van der Waals surface area contributed by atoms with Gasteiger partial charge in [0, 0.05) is 37.6 Å². The lowest BCUT2D eigenvalue weighted by molar-refractivity contribution is 0.600. The van der Waals surface area contributed by atoms with Crippen LogP contribution in [-0.2, 0) is 19.5 Å². The quantitative estimate of drug-likeness (QED) is 0.765. The van der Waals surface area contributed by atoms with E-state index in [1.165, 1.54) is 11.4 Å². The SMILES string of the molecule is CCCn1cncc1CNCCc1cscn1. The van der Waals surface area contributed by atoms with Crippen LogP contribution in [0.4, 0.5) is 0 Å². The molecule has 0 fully saturated rings. The average Bonchev–Trinajstić information content (AvgIpc) is 2.96. The van der Waals surface area contributed by atoms with Gasteiger partial charge in [0.15, 0.2) is 0 Å². The van der Waals surface area contributed by atoms with Crippen LogP contribution in [-0.4, -0.2) is 21.1 Å². The smallest absolute Gasteiger partial charge is 0.0948 e. The maximum Gasteiger partial charge on any atom is 0.0948 e. The normalized spacial score (nSPS) is 10.9. The maximum atomic E-state index is 4.26. The van der Waals surface area contributed by atoms with Crippen LogP contribution in [0, 0.1) is 0 Å². The van der Waals surface area contributed by atoms with Crippen molar-refractivity contribution < 1.29 is 0 Å². The van der Waals surface area contributed by atoms with E-state index in [0.717, 1.165) is 32.5 Å². The maximum absolute atomic E-state index is 4.26. The molecule has 17 heavy (non-hydrogen) atoms. The highest BCUT2D eigenvalue weighted by atomic mass is 32.1. The van der Waals surface area contributed by atoms with Crippen molar-refractivity contribution in [2.24, 2.45) is 0 Å². The lowest BCUT2D eigenvalue weighted by Crippen LogP contribution is -2.19. The van der Waals surface area contributed by atoms with Gasteiger partial charge in [-0.1, -0.05) is 6.92 Å². The summed E-state index contributed by atoms with van der Waals surface area (Å²) in [6, 6.07) is 0. The Morgan fingerprint density at radius 2 is 2.41 bits per heavy atom. The van der Waals surface area contributed by atoms with Crippen LogP contribution in [0.5, 0.6) is 0 Å². The molecule has 0 aliphatic carbocycles. The number of nitrogens with zero attached hydrogens (tertiary/aromatic N) is 3. The van der Waals surface area contributed by atoms with Crippen LogP contribution in [0.25, 0.3) is 0 Å². The van der Waals surface area contributed by atoms with Crippen LogP contribution >= 0.6 is 11.3 Å². The van der Waals surface area contributed by atoms with Crippen molar-refractivity contribution in [2.75, 3.05) is 6.54 Å². The molecule has 2 heterocycles. The molecule has 0 radical (unpaired) electrons. The molecule has 2 rings (SSSR count). The summed E-state index contributed by atoms with van der Waals surface area (Å²) in [6.45, 7) is 5.06. The number of aromatic nitrogens is 3. The minimum atomic E-state index is 0.879. The number of imidazole rings is 1. The van der Waals surface area contributed by atoms with Crippen LogP contribution < -0.4 is 5.32 Å². The minimum Gasteiger partial charge on any atom is -0.333 e. The van der Waals surface area contributed by atoms with E-state index in [-0.39, 0.29) is 0 Å². The molecule has 0 aliphatic rings. The highest BCUT2D eigenvalue weighted by molar-refractivity contribution is 7.07. The van der Waals surface area contributed by atoms with E-state index in [0.29, 0.717) is 0 Å². The van der Waals surface area contributed by atoms with Crippen LogP contribution in [0.1, 0.15) is 24.7 Å². The van der Waals surface area contributed by atoms with E-state index < -0.39 is 0 Å². The average molecular weight is 250 g/mol. The predicted molar refractivity (Wildman–Crippen MR) is 70.0 cm³/mol. The zero-order chi connectivity index (χ0) is 11.9. The summed E-state index contributed by atoms with van der Waals surface area (Å²) in [6.07, 6.45) is 5.97. The summed E-state index contributed by atoms with van der Waals surface area (Å²) in [5, 5.41) is 5.53. The number of rotatable bonds is 7. The molecule has 1 N–H and O–H groups in total. The fraction of sp³-hybridized carbons (Fsp3) is 0.500. The lowest BCUT2D eigenvalue weighted by Gasteiger charge is -2.07. The predicted octanol–water partition coefficient (Wildman–Crippen LogP) is 2.08. The van der Waals surface area contributed by atoms with Gasteiger partial charge in [-0.05, 0) is 6.42 Å². The topological polar surface area (TPSA) is 42.7 Å². The Hall–Kier alpha value is -1.20. The summed E-state index contributed by atoms with van der Waals surface area (Å²) in [4.78, 5) is 8.44. The molecule has 0 atom stereocenters. The number of thiazole rings is 1. The fourth-order valence-corrected chi connectivity index (χ4v) is 2.32. The summed E-state index contributed by atoms with van der Waals surface area (Å²) in [5.41, 5.74) is 4.31. The van der Waals surface area contributed by atoms with E-state index >= 15 is 0 Å². The van der Waals surface area contributed by atoms with Gasteiger partial charge in [-0.3, -0.25) is 0 Å². The number of hydrogen-bond acceptors (Lipinski definition) is 4. The van der Waals surface area contributed by atoms with Gasteiger partial charge in [-0.25, -0.2) is 9.97 Å². The molecule has 0 aliphatic heterocycles. The molecule has 0 spiro atoms. The largest absolute Gasteiger partial charge is 0.333 e. The molecule has 0 aromatic carbocycles. The molecule has 4 nitrogen and oxygen atoms in total. The molecule has 0 bridgehead atoms. The summed E-state index contributed by atoms with van der Waals surface area (Å²) < 4.78 is 2.20. The van der Waals surface area contributed by atoms with Crippen molar-refractivity contribution in [3.8, 4) is 0 Å². The van der Waals surface area contributed by atoms with Crippen molar-refractivity contribution in [1.82, 2.24) is 19.9 Å². The molecule has 0 unspecified atom stereocenters. The molecular formula is C12H18N4S. The third kappa shape index (κ3) is 3.64. The number of hydrogen-bond donors (Lipinski definition) is 1. The zero-order valence-electron chi connectivity index (χ0n) is 10.1. The summed E-state index contributed by atoms with van der Waals surface area (Å²) >= 11 is 1.65. The highest BCUT2D eigenvalue weighted by Gasteiger charge is 2.00. The van der Waals surface area contributed by atoms with E-state index in [1.807, 2.05) is 18.0 Å². The molecule has 2 aromatic heterocycles. The van der Waals surface area contributed by atoms with E-state index in [2.05, 4.69) is 32.2 Å². The fourth-order valence-electron chi connectivity index (χ4n) is 1.73. The van der Waals surface area contributed by atoms with Crippen molar-refractivity contribution in [3.63, 3.8) is 0 Å². The van der Waals surface area contributed by atoms with E-state index in [4.69, 9.17) is 0 Å².